The van der Waals surface area contributed by atoms with Crippen molar-refractivity contribution in [1.29, 1.82) is 0 Å². The molecule has 0 amide bonds. The Labute approximate surface area is 127 Å². The van der Waals surface area contributed by atoms with Crippen LogP contribution in [0.25, 0.3) is 0 Å². The predicted molar refractivity (Wildman–Crippen MR) is 84.7 cm³/mol. The van der Waals surface area contributed by atoms with Gasteiger partial charge >= 0.3 is 0 Å². The molecule has 0 radical (unpaired) electrons. The molecule has 3 atom stereocenters. The molecule has 0 heterocycles. The van der Waals surface area contributed by atoms with E-state index in [1.807, 2.05) is 0 Å². The molecular weight excluding hydrogens is 262 g/mol. The largest absolute Gasteiger partial charge is 0.497 e. The Kier molecular flexibility index (Phi) is 4.81. The zero-order valence-electron chi connectivity index (χ0n) is 13.0. The van der Waals surface area contributed by atoms with Gasteiger partial charge < -0.3 is 15.2 Å². The van der Waals surface area contributed by atoms with Crippen molar-refractivity contribution in [1.82, 2.24) is 5.32 Å². The van der Waals surface area contributed by atoms with Gasteiger partial charge in [-0.1, -0.05) is 25.3 Å². The maximum atomic E-state index is 10.3. The topological polar surface area (TPSA) is 41.5 Å². The van der Waals surface area contributed by atoms with E-state index in [1.165, 1.54) is 36.8 Å². The van der Waals surface area contributed by atoms with Crippen LogP contribution in [0.4, 0.5) is 0 Å². The summed E-state index contributed by atoms with van der Waals surface area (Å²) in [5.41, 5.74) is 2.81. The molecule has 3 nitrogen and oxygen atoms in total. The third-order valence-electron chi connectivity index (χ3n) is 5.06. The molecule has 0 aliphatic heterocycles. The third kappa shape index (κ3) is 3.41. The molecule has 2 aliphatic carbocycles. The number of hydrogen-bond donors (Lipinski definition) is 2. The van der Waals surface area contributed by atoms with Crippen molar-refractivity contribution in [2.24, 2.45) is 0 Å². The molecule has 1 saturated carbocycles. The lowest BCUT2D eigenvalue weighted by molar-refractivity contribution is 0.112. The van der Waals surface area contributed by atoms with Gasteiger partial charge in [0.2, 0.25) is 0 Å². The van der Waals surface area contributed by atoms with Gasteiger partial charge in [0.1, 0.15) is 5.75 Å². The van der Waals surface area contributed by atoms with Gasteiger partial charge in [-0.25, -0.2) is 0 Å². The average Bonchev–Trinajstić information content (AvgIpc) is 2.72. The fourth-order valence-electron chi connectivity index (χ4n) is 3.83. The number of hydrogen-bond acceptors (Lipinski definition) is 3. The Hall–Kier alpha value is -1.06. The van der Waals surface area contributed by atoms with Crippen LogP contribution in [-0.4, -0.2) is 24.4 Å². The van der Waals surface area contributed by atoms with Crippen molar-refractivity contribution in [3.8, 4) is 5.75 Å². The number of aliphatic hydroxyl groups is 1. The van der Waals surface area contributed by atoms with Crippen LogP contribution < -0.4 is 10.1 Å². The lowest BCUT2D eigenvalue weighted by Crippen LogP contribution is -2.42. The zero-order chi connectivity index (χ0) is 14.7. The van der Waals surface area contributed by atoms with E-state index in [0.717, 1.165) is 31.4 Å². The Balaban J connectivity index is 1.75. The number of nitrogens with one attached hydrogen (secondary N) is 1. The molecule has 3 unspecified atom stereocenters. The Bertz CT molecular complexity index is 474. The van der Waals surface area contributed by atoms with Crippen molar-refractivity contribution in [2.75, 3.05) is 7.11 Å². The summed E-state index contributed by atoms with van der Waals surface area (Å²) in [6.07, 6.45) is 9.03. The molecule has 0 aromatic heterocycles. The molecular formula is C18H27NO2. The number of fused-ring (bicyclic) bond motifs is 1. The lowest BCUT2D eigenvalue weighted by atomic mass is 9.86. The minimum atomic E-state index is -0.184. The highest BCUT2D eigenvalue weighted by molar-refractivity contribution is 5.39. The minimum absolute atomic E-state index is 0.184. The smallest absolute Gasteiger partial charge is 0.119 e. The van der Waals surface area contributed by atoms with Gasteiger partial charge in [0.25, 0.3) is 0 Å². The van der Waals surface area contributed by atoms with Gasteiger partial charge in [-0.2, -0.15) is 0 Å². The van der Waals surface area contributed by atoms with E-state index in [4.69, 9.17) is 4.74 Å². The van der Waals surface area contributed by atoms with Crippen molar-refractivity contribution >= 4 is 0 Å². The Morgan fingerprint density at radius 1 is 1.10 bits per heavy atom. The summed E-state index contributed by atoms with van der Waals surface area (Å²) in [5, 5.41) is 14.1. The summed E-state index contributed by atoms with van der Waals surface area (Å²) in [6.45, 7) is 0. The van der Waals surface area contributed by atoms with E-state index in [2.05, 4.69) is 23.5 Å². The van der Waals surface area contributed by atoms with Gasteiger partial charge in [-0.15, -0.1) is 0 Å². The SMILES string of the molecule is COc1ccc2c(c1)CCCC2NC1CCCCCC1O. The first-order valence-electron chi connectivity index (χ1n) is 8.39. The number of benzene rings is 1. The quantitative estimate of drug-likeness (QED) is 0.838. The van der Waals surface area contributed by atoms with Crippen molar-refractivity contribution < 1.29 is 9.84 Å². The first-order valence-corrected chi connectivity index (χ1v) is 8.39. The standard InChI is InChI=1S/C18H27NO2/c1-21-14-10-11-15-13(12-14)6-5-8-16(15)19-17-7-3-2-4-9-18(17)20/h10-12,16-20H,2-9H2,1H3. The molecule has 2 aliphatic rings. The third-order valence-corrected chi connectivity index (χ3v) is 5.06. The molecule has 1 aromatic rings. The predicted octanol–water partition coefficient (Wildman–Crippen LogP) is 3.36. The maximum Gasteiger partial charge on any atom is 0.119 e. The second kappa shape index (κ2) is 6.80. The van der Waals surface area contributed by atoms with Crippen LogP contribution in [0.1, 0.15) is 62.1 Å². The highest BCUT2D eigenvalue weighted by Crippen LogP contribution is 2.33. The second-order valence-electron chi connectivity index (χ2n) is 6.49. The van der Waals surface area contributed by atoms with Gasteiger partial charge in [0, 0.05) is 12.1 Å². The van der Waals surface area contributed by atoms with E-state index in [0.29, 0.717) is 6.04 Å². The first kappa shape index (κ1) is 14.9. The summed E-state index contributed by atoms with van der Waals surface area (Å²) in [4.78, 5) is 0. The number of aliphatic hydroxyl groups excluding tert-OH is 1. The molecule has 21 heavy (non-hydrogen) atoms. The van der Waals surface area contributed by atoms with E-state index >= 15 is 0 Å². The molecule has 1 aromatic carbocycles. The van der Waals surface area contributed by atoms with Gasteiger partial charge in [-0.05, 0) is 55.4 Å². The van der Waals surface area contributed by atoms with E-state index in [9.17, 15) is 5.11 Å². The highest BCUT2D eigenvalue weighted by atomic mass is 16.5. The van der Waals surface area contributed by atoms with Crippen LogP contribution in [0.15, 0.2) is 18.2 Å². The van der Waals surface area contributed by atoms with Crippen molar-refractivity contribution in [3.05, 3.63) is 29.3 Å². The molecule has 0 spiro atoms. The Morgan fingerprint density at radius 3 is 2.81 bits per heavy atom. The molecule has 2 N–H and O–H groups in total. The molecule has 0 saturated heterocycles. The number of methoxy groups -OCH3 is 1. The normalized spacial score (nSPS) is 29.5. The fourth-order valence-corrected chi connectivity index (χ4v) is 3.83. The highest BCUT2D eigenvalue weighted by Gasteiger charge is 2.27. The summed E-state index contributed by atoms with van der Waals surface area (Å²) in [5.74, 6) is 0.948. The van der Waals surface area contributed by atoms with E-state index in [-0.39, 0.29) is 12.1 Å². The summed E-state index contributed by atoms with van der Waals surface area (Å²) >= 11 is 0. The van der Waals surface area contributed by atoms with Crippen LogP contribution in [0.2, 0.25) is 0 Å². The minimum Gasteiger partial charge on any atom is -0.497 e. The van der Waals surface area contributed by atoms with Crippen LogP contribution in [0, 0.1) is 0 Å². The van der Waals surface area contributed by atoms with Gasteiger partial charge in [0.15, 0.2) is 0 Å². The molecule has 116 valence electrons. The lowest BCUT2D eigenvalue weighted by Gasteiger charge is -2.32. The van der Waals surface area contributed by atoms with Gasteiger partial charge in [-0.3, -0.25) is 0 Å². The Morgan fingerprint density at radius 2 is 1.95 bits per heavy atom. The van der Waals surface area contributed by atoms with Gasteiger partial charge in [0.05, 0.1) is 13.2 Å². The molecule has 0 bridgehead atoms. The maximum absolute atomic E-state index is 10.3. The summed E-state index contributed by atoms with van der Waals surface area (Å²) in [6, 6.07) is 7.08. The van der Waals surface area contributed by atoms with Crippen molar-refractivity contribution in [2.45, 2.75) is 69.6 Å². The molecule has 3 rings (SSSR count). The molecule has 3 heteroatoms. The summed E-state index contributed by atoms with van der Waals surface area (Å²) < 4.78 is 5.34. The zero-order valence-corrected chi connectivity index (χ0v) is 13.0. The van der Waals surface area contributed by atoms with Crippen LogP contribution in [0.5, 0.6) is 5.75 Å². The van der Waals surface area contributed by atoms with Crippen LogP contribution in [0.3, 0.4) is 0 Å². The number of ether oxygens (including phenoxy) is 1. The van der Waals surface area contributed by atoms with Crippen molar-refractivity contribution in [3.63, 3.8) is 0 Å². The average molecular weight is 289 g/mol. The number of rotatable bonds is 3. The van der Waals surface area contributed by atoms with Crippen LogP contribution >= 0.6 is 0 Å². The molecule has 1 fully saturated rings. The first-order chi connectivity index (χ1) is 10.3. The second-order valence-corrected chi connectivity index (χ2v) is 6.49. The van der Waals surface area contributed by atoms with Crippen LogP contribution in [-0.2, 0) is 6.42 Å². The van der Waals surface area contributed by atoms with E-state index in [1.54, 1.807) is 7.11 Å². The number of aryl methyl sites for hydroxylation is 1. The summed E-state index contributed by atoms with van der Waals surface area (Å²) in [7, 11) is 1.72. The fraction of sp³-hybridized carbons (Fsp3) is 0.667. The monoisotopic (exact) mass is 289 g/mol. The van der Waals surface area contributed by atoms with E-state index < -0.39 is 0 Å².